The second-order valence-corrected chi connectivity index (χ2v) is 9.52. The zero-order valence-corrected chi connectivity index (χ0v) is 20.3. The van der Waals surface area contributed by atoms with Crippen molar-refractivity contribution in [3.63, 3.8) is 0 Å². The van der Waals surface area contributed by atoms with E-state index in [0.29, 0.717) is 5.69 Å². The van der Waals surface area contributed by atoms with Gasteiger partial charge in [0.05, 0.1) is 13.7 Å². The SMILES string of the molecule is CCc1cccc(N2C(=O)c3cc(C(=O)OC)nn3C[C@]2(C)C(=O)NC2CCCCCCC2)c1. The Morgan fingerprint density at radius 1 is 1.15 bits per heavy atom. The Morgan fingerprint density at radius 3 is 2.53 bits per heavy atom. The average Bonchev–Trinajstić information content (AvgIpc) is 3.24. The lowest BCUT2D eigenvalue weighted by Crippen LogP contribution is -2.65. The molecule has 2 aromatic rings. The van der Waals surface area contributed by atoms with Gasteiger partial charge in [0.2, 0.25) is 5.91 Å². The number of methoxy groups -OCH3 is 1. The van der Waals surface area contributed by atoms with Crippen LogP contribution in [0.3, 0.4) is 0 Å². The van der Waals surface area contributed by atoms with Crippen LogP contribution < -0.4 is 10.2 Å². The molecule has 2 heterocycles. The lowest BCUT2D eigenvalue weighted by molar-refractivity contribution is -0.127. The van der Waals surface area contributed by atoms with Crippen LogP contribution in [0.4, 0.5) is 5.69 Å². The lowest BCUT2D eigenvalue weighted by Gasteiger charge is -2.44. The Morgan fingerprint density at radius 2 is 1.85 bits per heavy atom. The molecule has 4 rings (SSSR count). The number of nitrogens with zero attached hydrogens (tertiary/aromatic N) is 3. The van der Waals surface area contributed by atoms with Crippen molar-refractivity contribution in [2.24, 2.45) is 0 Å². The van der Waals surface area contributed by atoms with E-state index in [-0.39, 0.29) is 35.8 Å². The molecule has 8 heteroatoms. The summed E-state index contributed by atoms with van der Waals surface area (Å²) in [6, 6.07) is 9.24. The number of ether oxygens (including phenoxy) is 1. The molecular weight excluding hydrogens is 432 g/mol. The van der Waals surface area contributed by atoms with Crippen molar-refractivity contribution in [2.75, 3.05) is 12.0 Å². The molecule has 182 valence electrons. The van der Waals surface area contributed by atoms with Crippen LogP contribution >= 0.6 is 0 Å². The smallest absolute Gasteiger partial charge is 0.358 e. The van der Waals surface area contributed by atoms with Gasteiger partial charge >= 0.3 is 5.97 Å². The molecule has 1 fully saturated rings. The maximum Gasteiger partial charge on any atom is 0.358 e. The molecule has 1 aliphatic heterocycles. The minimum Gasteiger partial charge on any atom is -0.464 e. The zero-order valence-electron chi connectivity index (χ0n) is 20.3. The van der Waals surface area contributed by atoms with Crippen LogP contribution in [-0.2, 0) is 22.5 Å². The molecule has 8 nitrogen and oxygen atoms in total. The van der Waals surface area contributed by atoms with Crippen molar-refractivity contribution in [1.82, 2.24) is 15.1 Å². The highest BCUT2D eigenvalue weighted by Gasteiger charge is 2.49. The first-order chi connectivity index (χ1) is 16.4. The van der Waals surface area contributed by atoms with Crippen LogP contribution in [0.15, 0.2) is 30.3 Å². The molecular formula is C26H34N4O4. The monoisotopic (exact) mass is 466 g/mol. The lowest BCUT2D eigenvalue weighted by atomic mass is 9.91. The van der Waals surface area contributed by atoms with Crippen LogP contribution in [0.25, 0.3) is 0 Å². The fourth-order valence-electron chi connectivity index (χ4n) is 5.05. The highest BCUT2D eigenvalue weighted by atomic mass is 16.5. The molecule has 2 aliphatic rings. The molecule has 2 amide bonds. The van der Waals surface area contributed by atoms with E-state index in [0.717, 1.165) is 37.7 Å². The number of aromatic nitrogens is 2. The van der Waals surface area contributed by atoms with Gasteiger partial charge in [-0.05, 0) is 43.9 Å². The van der Waals surface area contributed by atoms with Crippen molar-refractivity contribution in [2.45, 2.75) is 83.3 Å². The molecule has 1 N–H and O–H groups in total. The summed E-state index contributed by atoms with van der Waals surface area (Å²) < 4.78 is 6.26. The molecule has 0 radical (unpaired) electrons. The second kappa shape index (κ2) is 9.99. The largest absolute Gasteiger partial charge is 0.464 e. The first kappa shape index (κ1) is 24.0. The first-order valence-electron chi connectivity index (χ1n) is 12.3. The second-order valence-electron chi connectivity index (χ2n) is 9.52. The van der Waals surface area contributed by atoms with E-state index < -0.39 is 11.5 Å². The summed E-state index contributed by atoms with van der Waals surface area (Å²) in [5.74, 6) is -1.18. The number of anilines is 1. The Hall–Kier alpha value is -3.16. The minimum absolute atomic E-state index is 0.0535. The summed E-state index contributed by atoms with van der Waals surface area (Å²) in [5, 5.41) is 7.55. The number of nitrogens with one attached hydrogen (secondary N) is 1. The van der Waals surface area contributed by atoms with Crippen molar-refractivity contribution in [1.29, 1.82) is 0 Å². The van der Waals surface area contributed by atoms with Gasteiger partial charge in [0.15, 0.2) is 5.69 Å². The third kappa shape index (κ3) is 4.58. The van der Waals surface area contributed by atoms with Crippen molar-refractivity contribution in [3.8, 4) is 0 Å². The highest BCUT2D eigenvalue weighted by Crippen LogP contribution is 2.34. The Labute approximate surface area is 200 Å². The number of rotatable bonds is 5. The third-order valence-electron chi connectivity index (χ3n) is 7.05. The number of aryl methyl sites for hydroxylation is 1. The Bertz CT molecular complexity index is 1070. The molecule has 1 saturated carbocycles. The minimum atomic E-state index is -1.21. The molecule has 0 unspecified atom stereocenters. The van der Waals surface area contributed by atoms with Gasteiger partial charge in [0, 0.05) is 17.8 Å². The number of esters is 1. The summed E-state index contributed by atoms with van der Waals surface area (Å²) in [4.78, 5) is 41.3. The van der Waals surface area contributed by atoms with Crippen molar-refractivity contribution < 1.29 is 19.1 Å². The number of benzene rings is 1. The molecule has 1 aliphatic carbocycles. The maximum atomic E-state index is 13.8. The number of hydrogen-bond acceptors (Lipinski definition) is 5. The molecule has 0 bridgehead atoms. The number of carbonyl (C=O) groups excluding carboxylic acids is 3. The van der Waals surface area contributed by atoms with Crippen LogP contribution in [0, 0.1) is 0 Å². The van der Waals surface area contributed by atoms with Gasteiger partial charge in [-0.2, -0.15) is 5.10 Å². The van der Waals surface area contributed by atoms with Gasteiger partial charge in [0.1, 0.15) is 11.2 Å². The van der Waals surface area contributed by atoms with E-state index in [1.54, 1.807) is 11.8 Å². The van der Waals surface area contributed by atoms with Gasteiger partial charge in [-0.1, -0.05) is 51.2 Å². The maximum absolute atomic E-state index is 13.8. The van der Waals surface area contributed by atoms with E-state index >= 15 is 0 Å². The standard InChI is InChI=1S/C26H34N4O4/c1-4-18-11-10-14-20(15-18)30-23(31)22-16-21(24(32)34-3)28-29(22)17-26(30,2)25(33)27-19-12-8-6-5-7-9-13-19/h10-11,14-16,19H,4-9,12-13,17H2,1-3H3,(H,27,33)/t26-/m1/s1. The van der Waals surface area contributed by atoms with E-state index in [2.05, 4.69) is 17.3 Å². The van der Waals surface area contributed by atoms with Crippen LogP contribution in [-0.4, -0.2) is 46.3 Å². The fraction of sp³-hybridized carbons (Fsp3) is 0.538. The average molecular weight is 467 g/mol. The summed E-state index contributed by atoms with van der Waals surface area (Å²) >= 11 is 0. The molecule has 1 aromatic heterocycles. The quantitative estimate of drug-likeness (QED) is 0.675. The Kier molecular flexibility index (Phi) is 7.05. The van der Waals surface area contributed by atoms with Gasteiger partial charge in [-0.25, -0.2) is 4.79 Å². The summed E-state index contributed by atoms with van der Waals surface area (Å²) in [7, 11) is 1.28. The van der Waals surface area contributed by atoms with Gasteiger partial charge in [-0.15, -0.1) is 0 Å². The van der Waals surface area contributed by atoms with E-state index in [4.69, 9.17) is 4.74 Å². The predicted molar refractivity (Wildman–Crippen MR) is 129 cm³/mol. The van der Waals surface area contributed by atoms with Crippen molar-refractivity contribution in [3.05, 3.63) is 47.3 Å². The summed E-state index contributed by atoms with van der Waals surface area (Å²) in [6.45, 7) is 3.97. The Balaban J connectivity index is 1.73. The van der Waals surface area contributed by atoms with E-state index in [1.165, 1.54) is 37.1 Å². The van der Waals surface area contributed by atoms with Crippen LogP contribution in [0.2, 0.25) is 0 Å². The number of amides is 2. The van der Waals surface area contributed by atoms with Gasteiger partial charge in [-0.3, -0.25) is 19.2 Å². The normalized spacial score (nSPS) is 21.4. The van der Waals surface area contributed by atoms with Crippen LogP contribution in [0.5, 0.6) is 0 Å². The van der Waals surface area contributed by atoms with Crippen molar-refractivity contribution >= 4 is 23.5 Å². The van der Waals surface area contributed by atoms with E-state index in [9.17, 15) is 14.4 Å². The summed E-state index contributed by atoms with van der Waals surface area (Å²) in [6.07, 6.45) is 8.50. The molecule has 34 heavy (non-hydrogen) atoms. The highest BCUT2D eigenvalue weighted by molar-refractivity contribution is 6.12. The zero-order chi connectivity index (χ0) is 24.3. The number of hydrogen-bond donors (Lipinski definition) is 1. The number of fused-ring (bicyclic) bond motifs is 1. The molecule has 1 atom stereocenters. The summed E-state index contributed by atoms with van der Waals surface area (Å²) in [5.41, 5.74) is 0.837. The third-order valence-corrected chi connectivity index (χ3v) is 7.05. The van der Waals surface area contributed by atoms with E-state index in [1.807, 2.05) is 24.3 Å². The van der Waals surface area contributed by atoms with Gasteiger partial charge in [0.25, 0.3) is 5.91 Å². The van der Waals surface area contributed by atoms with Crippen LogP contribution in [0.1, 0.15) is 85.3 Å². The van der Waals surface area contributed by atoms with Gasteiger partial charge < -0.3 is 10.1 Å². The predicted octanol–water partition coefficient (Wildman–Crippen LogP) is 3.88. The topological polar surface area (TPSA) is 93.5 Å². The first-order valence-corrected chi connectivity index (χ1v) is 12.3. The fourth-order valence-corrected chi connectivity index (χ4v) is 5.05. The molecule has 0 saturated heterocycles. The number of carbonyl (C=O) groups is 3. The molecule has 1 aromatic carbocycles. The molecule has 0 spiro atoms.